The van der Waals surface area contributed by atoms with Crippen LogP contribution in [0.15, 0.2) is 24.0 Å². The van der Waals surface area contributed by atoms with Crippen LogP contribution in [-0.2, 0) is 9.47 Å². The van der Waals surface area contributed by atoms with E-state index in [0.717, 1.165) is 42.9 Å². The summed E-state index contributed by atoms with van der Waals surface area (Å²) in [5, 5.41) is 0. The van der Waals surface area contributed by atoms with Gasteiger partial charge in [0.2, 0.25) is 5.88 Å². The molecule has 3 rings (SSSR count). The summed E-state index contributed by atoms with van der Waals surface area (Å²) in [4.78, 5) is 4.51. The lowest BCUT2D eigenvalue weighted by atomic mass is 9.84. The first kappa shape index (κ1) is 11.5. The first-order chi connectivity index (χ1) is 8.79. The molecule has 2 heterocycles. The van der Waals surface area contributed by atoms with Crippen molar-refractivity contribution in [2.45, 2.75) is 24.9 Å². The Morgan fingerprint density at radius 1 is 1.28 bits per heavy atom. The van der Waals surface area contributed by atoms with Gasteiger partial charge >= 0.3 is 0 Å². The van der Waals surface area contributed by atoms with E-state index in [0.29, 0.717) is 5.88 Å². The van der Waals surface area contributed by atoms with E-state index in [-0.39, 0.29) is 5.60 Å². The molecular weight excluding hydrogens is 230 g/mol. The van der Waals surface area contributed by atoms with Gasteiger partial charge in [0.15, 0.2) is 0 Å². The number of methoxy groups -OCH3 is 2. The van der Waals surface area contributed by atoms with Gasteiger partial charge in [-0.15, -0.1) is 0 Å². The maximum absolute atomic E-state index is 5.69. The van der Waals surface area contributed by atoms with Crippen LogP contribution in [0, 0.1) is 0 Å². The third-order valence-corrected chi connectivity index (χ3v) is 3.65. The van der Waals surface area contributed by atoms with E-state index in [1.807, 2.05) is 18.2 Å². The molecule has 2 aliphatic rings. The van der Waals surface area contributed by atoms with Crippen molar-refractivity contribution in [1.29, 1.82) is 0 Å². The number of pyridine rings is 1. The van der Waals surface area contributed by atoms with Crippen molar-refractivity contribution in [3.8, 4) is 5.88 Å². The quantitative estimate of drug-likeness (QED) is 0.769. The molecule has 0 bridgehead atoms. The molecule has 1 atom stereocenters. The summed E-state index contributed by atoms with van der Waals surface area (Å²) >= 11 is 0. The predicted molar refractivity (Wildman–Crippen MR) is 67.3 cm³/mol. The summed E-state index contributed by atoms with van der Waals surface area (Å²) in [6.45, 7) is 0.772. The molecule has 18 heavy (non-hydrogen) atoms. The lowest BCUT2D eigenvalue weighted by molar-refractivity contribution is 0.246. The highest BCUT2D eigenvalue weighted by Crippen LogP contribution is 2.50. The second-order valence-corrected chi connectivity index (χ2v) is 4.70. The van der Waals surface area contributed by atoms with E-state index in [4.69, 9.17) is 14.2 Å². The number of ether oxygens (including phenoxy) is 3. The van der Waals surface area contributed by atoms with Gasteiger partial charge in [-0.25, -0.2) is 4.98 Å². The molecule has 1 aromatic heterocycles. The van der Waals surface area contributed by atoms with Crippen molar-refractivity contribution in [3.05, 3.63) is 29.7 Å². The van der Waals surface area contributed by atoms with Crippen molar-refractivity contribution in [2.75, 3.05) is 20.8 Å². The van der Waals surface area contributed by atoms with Gasteiger partial charge in [0.25, 0.3) is 0 Å². The van der Waals surface area contributed by atoms with Gasteiger partial charge in [-0.2, -0.15) is 0 Å². The third-order valence-electron chi connectivity index (χ3n) is 3.65. The standard InChI is InChI=1S/C14H17NO3/c1-16-11-6-4-8-14(9-18-14)13(11)10-5-3-7-12(15-10)17-2/h3,5,7H,4,6,8-9H2,1-2H3/t14-/m0/s1. The maximum atomic E-state index is 5.69. The largest absolute Gasteiger partial charge is 0.501 e. The van der Waals surface area contributed by atoms with E-state index in [1.165, 1.54) is 0 Å². The molecular formula is C14H17NO3. The van der Waals surface area contributed by atoms with Crippen molar-refractivity contribution >= 4 is 5.57 Å². The first-order valence-corrected chi connectivity index (χ1v) is 6.22. The van der Waals surface area contributed by atoms with Crippen LogP contribution >= 0.6 is 0 Å². The molecule has 1 fully saturated rings. The average molecular weight is 247 g/mol. The second kappa shape index (κ2) is 4.28. The molecule has 4 nitrogen and oxygen atoms in total. The van der Waals surface area contributed by atoms with Crippen LogP contribution in [0.5, 0.6) is 5.88 Å². The molecule has 1 aromatic rings. The van der Waals surface area contributed by atoms with Crippen LogP contribution in [0.3, 0.4) is 0 Å². The number of aromatic nitrogens is 1. The highest BCUT2D eigenvalue weighted by molar-refractivity contribution is 5.75. The molecule has 0 N–H and O–H groups in total. The zero-order chi connectivity index (χ0) is 12.6. The molecule has 1 aliphatic carbocycles. The van der Waals surface area contributed by atoms with Crippen LogP contribution in [0.4, 0.5) is 0 Å². The van der Waals surface area contributed by atoms with Crippen molar-refractivity contribution in [2.24, 2.45) is 0 Å². The molecule has 4 heteroatoms. The van der Waals surface area contributed by atoms with Gasteiger partial charge in [0.05, 0.1) is 26.5 Å². The van der Waals surface area contributed by atoms with Crippen LogP contribution in [0.2, 0.25) is 0 Å². The van der Waals surface area contributed by atoms with Gasteiger partial charge in [0.1, 0.15) is 11.4 Å². The van der Waals surface area contributed by atoms with E-state index < -0.39 is 0 Å². The third kappa shape index (κ3) is 1.77. The SMILES string of the molecule is COC1=C(c2cccc(OC)n2)[C@]2(CCC1)CO2. The molecule has 1 aliphatic heterocycles. The number of epoxide rings is 1. The Morgan fingerprint density at radius 3 is 2.78 bits per heavy atom. The minimum absolute atomic E-state index is 0.150. The molecule has 0 aromatic carbocycles. The lowest BCUT2D eigenvalue weighted by Crippen LogP contribution is -2.21. The van der Waals surface area contributed by atoms with E-state index >= 15 is 0 Å². The number of hydrogen-bond donors (Lipinski definition) is 0. The maximum Gasteiger partial charge on any atom is 0.213 e. The Morgan fingerprint density at radius 2 is 2.11 bits per heavy atom. The van der Waals surface area contributed by atoms with E-state index in [2.05, 4.69) is 4.98 Å². The van der Waals surface area contributed by atoms with Gasteiger partial charge in [-0.05, 0) is 18.9 Å². The zero-order valence-electron chi connectivity index (χ0n) is 10.7. The van der Waals surface area contributed by atoms with Gasteiger partial charge in [0, 0.05) is 18.1 Å². The summed E-state index contributed by atoms with van der Waals surface area (Å²) < 4.78 is 16.4. The molecule has 0 radical (unpaired) electrons. The Balaban J connectivity index is 2.08. The fourth-order valence-electron chi connectivity index (χ4n) is 2.66. The normalized spacial score (nSPS) is 26.3. The lowest BCUT2D eigenvalue weighted by Gasteiger charge is -2.25. The Bertz CT molecular complexity index is 492. The summed E-state index contributed by atoms with van der Waals surface area (Å²) in [6, 6.07) is 5.79. The van der Waals surface area contributed by atoms with Crippen LogP contribution in [0.25, 0.3) is 5.57 Å². The Labute approximate surface area is 107 Å². The molecule has 96 valence electrons. The van der Waals surface area contributed by atoms with Crippen molar-refractivity contribution in [1.82, 2.24) is 4.98 Å². The fourth-order valence-corrected chi connectivity index (χ4v) is 2.66. The number of allylic oxidation sites excluding steroid dienone is 1. The summed E-state index contributed by atoms with van der Waals surface area (Å²) in [5.74, 6) is 1.62. The Kier molecular flexibility index (Phi) is 2.74. The minimum atomic E-state index is -0.150. The van der Waals surface area contributed by atoms with Gasteiger partial charge < -0.3 is 14.2 Å². The van der Waals surface area contributed by atoms with Crippen LogP contribution in [-0.4, -0.2) is 31.4 Å². The predicted octanol–water partition coefficient (Wildman–Crippen LogP) is 2.40. The van der Waals surface area contributed by atoms with Crippen molar-refractivity contribution < 1.29 is 14.2 Å². The monoisotopic (exact) mass is 247 g/mol. The minimum Gasteiger partial charge on any atom is -0.501 e. The molecule has 0 amide bonds. The topological polar surface area (TPSA) is 43.9 Å². The van der Waals surface area contributed by atoms with Crippen LogP contribution in [0.1, 0.15) is 25.0 Å². The molecule has 0 saturated carbocycles. The second-order valence-electron chi connectivity index (χ2n) is 4.70. The fraction of sp³-hybridized carbons (Fsp3) is 0.500. The number of hydrogen-bond acceptors (Lipinski definition) is 4. The number of rotatable bonds is 3. The van der Waals surface area contributed by atoms with E-state index in [9.17, 15) is 0 Å². The van der Waals surface area contributed by atoms with Gasteiger partial charge in [-0.1, -0.05) is 6.07 Å². The van der Waals surface area contributed by atoms with Crippen LogP contribution < -0.4 is 4.74 Å². The Hall–Kier alpha value is -1.55. The van der Waals surface area contributed by atoms with E-state index in [1.54, 1.807) is 14.2 Å². The van der Waals surface area contributed by atoms with Crippen molar-refractivity contribution in [3.63, 3.8) is 0 Å². The van der Waals surface area contributed by atoms with Gasteiger partial charge in [-0.3, -0.25) is 0 Å². The smallest absolute Gasteiger partial charge is 0.213 e. The molecule has 1 spiro atoms. The summed E-state index contributed by atoms with van der Waals surface area (Å²) in [5.41, 5.74) is 1.86. The highest BCUT2D eigenvalue weighted by atomic mass is 16.6. The molecule has 1 saturated heterocycles. The average Bonchev–Trinajstić information content (AvgIpc) is 3.18. The number of nitrogens with zero attached hydrogens (tertiary/aromatic N) is 1. The molecule has 0 unspecified atom stereocenters. The summed E-state index contributed by atoms with van der Waals surface area (Å²) in [6.07, 6.45) is 3.11. The zero-order valence-corrected chi connectivity index (χ0v) is 10.7. The summed E-state index contributed by atoms with van der Waals surface area (Å²) in [7, 11) is 3.35. The first-order valence-electron chi connectivity index (χ1n) is 6.22. The highest BCUT2D eigenvalue weighted by Gasteiger charge is 2.52.